The molecule has 150 valence electrons. The number of ether oxygens (including phenoxy) is 1. The van der Waals surface area contributed by atoms with Crippen LogP contribution in [0.4, 0.5) is 18.9 Å². The molecule has 2 amide bonds. The second-order valence-corrected chi connectivity index (χ2v) is 7.09. The Morgan fingerprint density at radius 2 is 1.66 bits per heavy atom. The van der Waals surface area contributed by atoms with Gasteiger partial charge in [-0.25, -0.2) is 4.90 Å². The second kappa shape index (κ2) is 7.15. The summed E-state index contributed by atoms with van der Waals surface area (Å²) in [6, 6.07) is 13.1. The van der Waals surface area contributed by atoms with Crippen molar-refractivity contribution in [1.29, 1.82) is 0 Å². The number of rotatable bonds is 2. The molecule has 0 aliphatic carbocycles. The first-order valence-electron chi connectivity index (χ1n) is 9.30. The fourth-order valence-corrected chi connectivity index (χ4v) is 3.79. The van der Waals surface area contributed by atoms with Gasteiger partial charge in [-0.15, -0.1) is 0 Å². The van der Waals surface area contributed by atoms with E-state index < -0.39 is 29.2 Å². The number of benzene rings is 2. The number of imide groups is 1. The molecule has 2 saturated heterocycles. The third-order valence-electron chi connectivity index (χ3n) is 5.25. The molecule has 1 spiro atoms. The van der Waals surface area contributed by atoms with E-state index in [4.69, 9.17) is 4.74 Å². The number of carbonyl (C=O) groups is 2. The highest BCUT2D eigenvalue weighted by Crippen LogP contribution is 2.43. The normalized spacial score (nSPS) is 24.0. The number of nitrogens with zero attached hydrogens (tertiary/aromatic N) is 1. The number of hydrogen-bond donors (Lipinski definition) is 0. The van der Waals surface area contributed by atoms with Gasteiger partial charge in [0.2, 0.25) is 0 Å². The monoisotopic (exact) mass is 401 g/mol. The van der Waals surface area contributed by atoms with E-state index in [2.05, 4.69) is 0 Å². The summed E-state index contributed by atoms with van der Waals surface area (Å²) in [5, 5.41) is 0. The van der Waals surface area contributed by atoms with Crippen LogP contribution in [-0.4, -0.2) is 24.0 Å². The summed E-state index contributed by atoms with van der Waals surface area (Å²) in [7, 11) is 0. The standard InChI is InChI=1S/C22H18F3NO3/c23-22(24,25)16-8-10-17(11-9-16)26-19(27)18(14-15-6-2-1-3-7-15)21(20(26)28)12-4-5-13-29-21/h1-3,6-11,14H,4-5,12-13H2. The van der Waals surface area contributed by atoms with Gasteiger partial charge in [0.05, 0.1) is 16.8 Å². The molecule has 2 fully saturated rings. The molecule has 1 atom stereocenters. The summed E-state index contributed by atoms with van der Waals surface area (Å²) in [4.78, 5) is 27.4. The summed E-state index contributed by atoms with van der Waals surface area (Å²) < 4.78 is 44.5. The lowest BCUT2D eigenvalue weighted by atomic mass is 9.87. The van der Waals surface area contributed by atoms with E-state index in [0.717, 1.165) is 41.1 Å². The Morgan fingerprint density at radius 1 is 0.966 bits per heavy atom. The molecule has 29 heavy (non-hydrogen) atoms. The first kappa shape index (κ1) is 19.4. The average molecular weight is 401 g/mol. The predicted octanol–water partition coefficient (Wildman–Crippen LogP) is 4.60. The quantitative estimate of drug-likeness (QED) is 0.546. The molecule has 0 saturated carbocycles. The van der Waals surface area contributed by atoms with Crippen LogP contribution in [0.1, 0.15) is 30.4 Å². The maximum absolute atomic E-state index is 13.3. The van der Waals surface area contributed by atoms with Gasteiger partial charge in [-0.1, -0.05) is 30.3 Å². The van der Waals surface area contributed by atoms with Gasteiger partial charge in [-0.3, -0.25) is 9.59 Å². The van der Waals surface area contributed by atoms with Gasteiger partial charge in [0.1, 0.15) is 0 Å². The van der Waals surface area contributed by atoms with Gasteiger partial charge in [0.15, 0.2) is 5.60 Å². The number of anilines is 1. The van der Waals surface area contributed by atoms with Crippen LogP contribution < -0.4 is 4.90 Å². The van der Waals surface area contributed by atoms with Crippen LogP contribution in [-0.2, 0) is 20.5 Å². The Morgan fingerprint density at radius 3 is 2.24 bits per heavy atom. The Labute approximate surface area is 165 Å². The third-order valence-corrected chi connectivity index (χ3v) is 5.25. The van der Waals surface area contributed by atoms with Crippen molar-refractivity contribution in [3.63, 3.8) is 0 Å². The summed E-state index contributed by atoms with van der Waals surface area (Å²) >= 11 is 0. The Hall–Kier alpha value is -2.93. The van der Waals surface area contributed by atoms with Crippen LogP contribution in [0.5, 0.6) is 0 Å². The Kier molecular flexibility index (Phi) is 4.78. The maximum Gasteiger partial charge on any atom is 0.416 e. The highest BCUT2D eigenvalue weighted by Gasteiger charge is 2.57. The summed E-state index contributed by atoms with van der Waals surface area (Å²) in [6.45, 7) is 0.339. The highest BCUT2D eigenvalue weighted by molar-refractivity contribution is 6.33. The van der Waals surface area contributed by atoms with Crippen molar-refractivity contribution in [2.75, 3.05) is 11.5 Å². The molecule has 2 aliphatic heterocycles. The molecule has 7 heteroatoms. The largest absolute Gasteiger partial charge is 0.416 e. The fraction of sp³-hybridized carbons (Fsp3) is 0.273. The molecule has 1 unspecified atom stereocenters. The van der Waals surface area contributed by atoms with Crippen molar-refractivity contribution in [3.8, 4) is 0 Å². The van der Waals surface area contributed by atoms with Crippen molar-refractivity contribution >= 4 is 23.6 Å². The zero-order valence-corrected chi connectivity index (χ0v) is 15.4. The Balaban J connectivity index is 1.78. The first-order valence-corrected chi connectivity index (χ1v) is 9.30. The molecule has 0 N–H and O–H groups in total. The van der Waals surface area contributed by atoms with E-state index >= 15 is 0 Å². The van der Waals surface area contributed by atoms with Crippen LogP contribution >= 0.6 is 0 Å². The van der Waals surface area contributed by atoms with Gasteiger partial charge in [-0.2, -0.15) is 13.2 Å². The van der Waals surface area contributed by atoms with Crippen LogP contribution in [0.2, 0.25) is 0 Å². The molecule has 2 heterocycles. The summed E-state index contributed by atoms with van der Waals surface area (Å²) in [6.07, 6.45) is -1.01. The van der Waals surface area contributed by atoms with E-state index in [1.807, 2.05) is 30.3 Å². The number of carbonyl (C=O) groups excluding carboxylic acids is 2. The minimum atomic E-state index is -4.50. The maximum atomic E-state index is 13.3. The molecule has 0 aromatic heterocycles. The van der Waals surface area contributed by atoms with E-state index in [9.17, 15) is 22.8 Å². The van der Waals surface area contributed by atoms with Gasteiger partial charge in [0.25, 0.3) is 11.8 Å². The molecule has 2 aromatic carbocycles. The van der Waals surface area contributed by atoms with Gasteiger partial charge >= 0.3 is 6.18 Å². The Bertz CT molecular complexity index is 959. The molecule has 4 rings (SSSR count). The van der Waals surface area contributed by atoms with Crippen molar-refractivity contribution in [2.24, 2.45) is 0 Å². The molecule has 4 nitrogen and oxygen atoms in total. The molecule has 0 radical (unpaired) electrons. The number of alkyl halides is 3. The van der Waals surface area contributed by atoms with Crippen molar-refractivity contribution in [2.45, 2.75) is 31.0 Å². The highest BCUT2D eigenvalue weighted by atomic mass is 19.4. The molecule has 0 bridgehead atoms. The SMILES string of the molecule is O=C1C(=Cc2ccccc2)C2(CCCCO2)C(=O)N1c1ccc(C(F)(F)F)cc1. The lowest BCUT2D eigenvalue weighted by Crippen LogP contribution is -2.45. The minimum absolute atomic E-state index is 0.0954. The fourth-order valence-electron chi connectivity index (χ4n) is 3.79. The average Bonchev–Trinajstić information content (AvgIpc) is 2.90. The van der Waals surface area contributed by atoms with E-state index in [-0.39, 0.29) is 11.3 Å². The van der Waals surface area contributed by atoms with Gasteiger partial charge in [0, 0.05) is 6.61 Å². The number of amides is 2. The zero-order chi connectivity index (χ0) is 20.6. The molecular formula is C22H18F3NO3. The van der Waals surface area contributed by atoms with Gasteiger partial charge in [-0.05, 0) is 55.2 Å². The smallest absolute Gasteiger partial charge is 0.360 e. The van der Waals surface area contributed by atoms with E-state index in [1.54, 1.807) is 6.08 Å². The lowest BCUT2D eigenvalue weighted by Gasteiger charge is -2.32. The minimum Gasteiger partial charge on any atom is -0.360 e. The summed E-state index contributed by atoms with van der Waals surface area (Å²) in [5.74, 6) is -1.12. The summed E-state index contributed by atoms with van der Waals surface area (Å²) in [5.41, 5.74) is -1.18. The molecular weight excluding hydrogens is 383 g/mol. The number of hydrogen-bond acceptors (Lipinski definition) is 3. The zero-order valence-electron chi connectivity index (χ0n) is 15.4. The van der Waals surface area contributed by atoms with Gasteiger partial charge < -0.3 is 4.74 Å². The molecule has 2 aliphatic rings. The van der Waals surface area contributed by atoms with Crippen LogP contribution in [0.25, 0.3) is 6.08 Å². The van der Waals surface area contributed by atoms with Crippen molar-refractivity contribution in [1.82, 2.24) is 0 Å². The van der Waals surface area contributed by atoms with Crippen LogP contribution in [0.15, 0.2) is 60.2 Å². The van der Waals surface area contributed by atoms with Crippen LogP contribution in [0, 0.1) is 0 Å². The lowest BCUT2D eigenvalue weighted by molar-refractivity contribution is -0.140. The van der Waals surface area contributed by atoms with Crippen LogP contribution in [0.3, 0.4) is 0 Å². The molecule has 2 aromatic rings. The number of halogens is 3. The van der Waals surface area contributed by atoms with Crippen molar-refractivity contribution < 1.29 is 27.5 Å². The van der Waals surface area contributed by atoms with E-state index in [1.165, 1.54) is 0 Å². The topological polar surface area (TPSA) is 46.6 Å². The second-order valence-electron chi connectivity index (χ2n) is 7.09. The first-order chi connectivity index (χ1) is 13.8. The predicted molar refractivity (Wildman–Crippen MR) is 101 cm³/mol. The van der Waals surface area contributed by atoms with Crippen molar-refractivity contribution in [3.05, 3.63) is 71.3 Å². The third kappa shape index (κ3) is 3.35. The van der Waals surface area contributed by atoms with E-state index in [0.29, 0.717) is 19.4 Å².